The van der Waals surface area contributed by atoms with E-state index in [2.05, 4.69) is 5.32 Å². The van der Waals surface area contributed by atoms with Crippen LogP contribution in [-0.4, -0.2) is 42.4 Å². The van der Waals surface area contributed by atoms with Crippen molar-refractivity contribution in [1.82, 2.24) is 10.2 Å². The molecule has 3 amide bonds. The minimum Gasteiger partial charge on any atom is -0.382 e. The standard InChI is InChI=1S/C21H22N2O4/c1-2-27-12-6-11-22-19(24)16-8-5-7-15(13-16)14-23-20(25)17-9-3-4-10-18(17)21(23)26/h3-5,7-10,13H,2,6,11-12,14H2,1H3,(H,22,24). The lowest BCUT2D eigenvalue weighted by molar-refractivity contribution is 0.0642. The lowest BCUT2D eigenvalue weighted by Crippen LogP contribution is -2.29. The molecule has 140 valence electrons. The Morgan fingerprint density at radius 3 is 2.41 bits per heavy atom. The SMILES string of the molecule is CCOCCCNC(=O)c1cccc(CN2C(=O)c3ccccc3C2=O)c1. The Morgan fingerprint density at radius 2 is 1.74 bits per heavy atom. The first kappa shape index (κ1) is 18.8. The van der Waals surface area contributed by atoms with E-state index in [-0.39, 0.29) is 24.3 Å². The van der Waals surface area contributed by atoms with E-state index in [1.165, 1.54) is 4.90 Å². The highest BCUT2D eigenvalue weighted by molar-refractivity contribution is 6.21. The van der Waals surface area contributed by atoms with Crippen molar-refractivity contribution in [1.29, 1.82) is 0 Å². The van der Waals surface area contributed by atoms with Crippen molar-refractivity contribution in [3.63, 3.8) is 0 Å². The van der Waals surface area contributed by atoms with Gasteiger partial charge in [0.05, 0.1) is 17.7 Å². The van der Waals surface area contributed by atoms with Gasteiger partial charge >= 0.3 is 0 Å². The Balaban J connectivity index is 1.64. The molecule has 0 saturated heterocycles. The molecular formula is C21H22N2O4. The lowest BCUT2D eigenvalue weighted by Gasteiger charge is -2.14. The number of amides is 3. The van der Waals surface area contributed by atoms with Crippen LogP contribution in [0.3, 0.4) is 0 Å². The average molecular weight is 366 g/mol. The lowest BCUT2D eigenvalue weighted by atomic mass is 10.1. The van der Waals surface area contributed by atoms with Gasteiger partial charge in [0.1, 0.15) is 0 Å². The number of nitrogens with one attached hydrogen (secondary N) is 1. The molecule has 0 radical (unpaired) electrons. The van der Waals surface area contributed by atoms with Gasteiger partial charge in [0, 0.05) is 25.3 Å². The highest BCUT2D eigenvalue weighted by atomic mass is 16.5. The Morgan fingerprint density at radius 1 is 1.04 bits per heavy atom. The predicted molar refractivity (Wildman–Crippen MR) is 101 cm³/mol. The Kier molecular flexibility index (Phi) is 5.98. The van der Waals surface area contributed by atoms with Crippen LogP contribution in [0.15, 0.2) is 48.5 Å². The molecule has 0 bridgehead atoms. The molecule has 2 aromatic rings. The predicted octanol–water partition coefficient (Wildman–Crippen LogP) is 2.64. The molecule has 2 aromatic carbocycles. The second-order valence-electron chi connectivity index (χ2n) is 6.25. The van der Waals surface area contributed by atoms with Gasteiger partial charge in [-0.1, -0.05) is 24.3 Å². The molecule has 6 nitrogen and oxygen atoms in total. The molecular weight excluding hydrogens is 344 g/mol. The summed E-state index contributed by atoms with van der Waals surface area (Å²) in [7, 11) is 0. The molecule has 0 fully saturated rings. The zero-order valence-corrected chi connectivity index (χ0v) is 15.2. The van der Waals surface area contributed by atoms with Crippen LogP contribution in [0.5, 0.6) is 0 Å². The van der Waals surface area contributed by atoms with Crippen molar-refractivity contribution >= 4 is 17.7 Å². The van der Waals surface area contributed by atoms with Crippen LogP contribution >= 0.6 is 0 Å². The molecule has 0 atom stereocenters. The van der Waals surface area contributed by atoms with Crippen LogP contribution in [0.4, 0.5) is 0 Å². The maximum atomic E-state index is 12.5. The number of fused-ring (bicyclic) bond motifs is 1. The molecule has 0 unspecified atom stereocenters. The normalized spacial score (nSPS) is 13.0. The molecule has 6 heteroatoms. The third kappa shape index (κ3) is 4.23. The maximum Gasteiger partial charge on any atom is 0.261 e. The summed E-state index contributed by atoms with van der Waals surface area (Å²) in [6, 6.07) is 13.8. The summed E-state index contributed by atoms with van der Waals surface area (Å²) in [6.07, 6.45) is 0.744. The number of carbonyl (C=O) groups excluding carboxylic acids is 3. The Hall–Kier alpha value is -2.99. The minimum absolute atomic E-state index is 0.137. The molecule has 1 aliphatic heterocycles. The quantitative estimate of drug-likeness (QED) is 0.576. The summed E-state index contributed by atoms with van der Waals surface area (Å²) in [4.78, 5) is 38.4. The summed E-state index contributed by atoms with van der Waals surface area (Å²) in [6.45, 7) is 3.86. The average Bonchev–Trinajstić information content (AvgIpc) is 2.93. The van der Waals surface area contributed by atoms with E-state index < -0.39 is 0 Å². The number of hydrogen-bond donors (Lipinski definition) is 1. The topological polar surface area (TPSA) is 75.7 Å². The molecule has 0 aliphatic carbocycles. The van der Waals surface area contributed by atoms with E-state index in [0.29, 0.717) is 36.4 Å². The smallest absolute Gasteiger partial charge is 0.261 e. The second-order valence-corrected chi connectivity index (χ2v) is 6.25. The van der Waals surface area contributed by atoms with Crippen LogP contribution in [0.25, 0.3) is 0 Å². The van der Waals surface area contributed by atoms with Gasteiger partial charge in [-0.3, -0.25) is 19.3 Å². The van der Waals surface area contributed by atoms with Crippen LogP contribution in [0.1, 0.15) is 50.0 Å². The van der Waals surface area contributed by atoms with Crippen LogP contribution in [-0.2, 0) is 11.3 Å². The molecule has 1 heterocycles. The summed E-state index contributed by atoms with van der Waals surface area (Å²) in [5.74, 6) is -0.793. The Labute approximate surface area is 158 Å². The van der Waals surface area contributed by atoms with E-state index in [9.17, 15) is 14.4 Å². The number of nitrogens with zero attached hydrogens (tertiary/aromatic N) is 1. The number of imide groups is 1. The third-order valence-electron chi connectivity index (χ3n) is 4.36. The zero-order valence-electron chi connectivity index (χ0n) is 15.2. The highest BCUT2D eigenvalue weighted by Gasteiger charge is 2.34. The van der Waals surface area contributed by atoms with Gasteiger partial charge in [-0.2, -0.15) is 0 Å². The van der Waals surface area contributed by atoms with Gasteiger partial charge in [-0.05, 0) is 43.2 Å². The fraction of sp³-hybridized carbons (Fsp3) is 0.286. The van der Waals surface area contributed by atoms with E-state index in [1.54, 1.807) is 48.5 Å². The number of benzene rings is 2. The molecule has 1 aliphatic rings. The summed E-state index contributed by atoms with van der Waals surface area (Å²) >= 11 is 0. The molecule has 0 saturated carbocycles. The zero-order chi connectivity index (χ0) is 19.2. The minimum atomic E-state index is -0.304. The first-order valence-electron chi connectivity index (χ1n) is 9.02. The van der Waals surface area contributed by atoms with Crippen molar-refractivity contribution < 1.29 is 19.1 Å². The summed E-state index contributed by atoms with van der Waals surface area (Å²) < 4.78 is 5.24. The van der Waals surface area contributed by atoms with E-state index in [1.807, 2.05) is 6.92 Å². The number of carbonyl (C=O) groups is 3. The highest BCUT2D eigenvalue weighted by Crippen LogP contribution is 2.24. The van der Waals surface area contributed by atoms with Crippen molar-refractivity contribution in [2.45, 2.75) is 19.9 Å². The Bertz CT molecular complexity index is 828. The van der Waals surface area contributed by atoms with Crippen molar-refractivity contribution in [3.8, 4) is 0 Å². The summed E-state index contributed by atoms with van der Waals surface area (Å²) in [5, 5.41) is 2.84. The van der Waals surface area contributed by atoms with Gasteiger partial charge in [-0.15, -0.1) is 0 Å². The second kappa shape index (κ2) is 8.60. The first-order valence-corrected chi connectivity index (χ1v) is 9.02. The largest absolute Gasteiger partial charge is 0.382 e. The van der Waals surface area contributed by atoms with Gasteiger partial charge < -0.3 is 10.1 Å². The first-order chi connectivity index (χ1) is 13.1. The van der Waals surface area contributed by atoms with Crippen LogP contribution in [0.2, 0.25) is 0 Å². The van der Waals surface area contributed by atoms with E-state index >= 15 is 0 Å². The van der Waals surface area contributed by atoms with Gasteiger partial charge in [0.2, 0.25) is 0 Å². The molecule has 0 aromatic heterocycles. The van der Waals surface area contributed by atoms with Crippen molar-refractivity contribution in [2.24, 2.45) is 0 Å². The number of ether oxygens (including phenoxy) is 1. The third-order valence-corrected chi connectivity index (χ3v) is 4.36. The number of hydrogen-bond acceptors (Lipinski definition) is 4. The fourth-order valence-corrected chi connectivity index (χ4v) is 3.00. The van der Waals surface area contributed by atoms with E-state index in [0.717, 1.165) is 12.0 Å². The summed E-state index contributed by atoms with van der Waals surface area (Å²) in [5.41, 5.74) is 2.07. The van der Waals surface area contributed by atoms with Gasteiger partial charge in [-0.25, -0.2) is 0 Å². The van der Waals surface area contributed by atoms with Crippen LogP contribution in [0, 0.1) is 0 Å². The van der Waals surface area contributed by atoms with E-state index in [4.69, 9.17) is 4.74 Å². The molecule has 3 rings (SSSR count). The monoisotopic (exact) mass is 366 g/mol. The number of rotatable bonds is 8. The molecule has 1 N–H and O–H groups in total. The van der Waals surface area contributed by atoms with Crippen LogP contribution < -0.4 is 5.32 Å². The van der Waals surface area contributed by atoms with Crippen molar-refractivity contribution in [3.05, 3.63) is 70.8 Å². The fourth-order valence-electron chi connectivity index (χ4n) is 3.00. The molecule has 0 spiro atoms. The van der Waals surface area contributed by atoms with Gasteiger partial charge in [0.15, 0.2) is 0 Å². The molecule has 27 heavy (non-hydrogen) atoms. The van der Waals surface area contributed by atoms with Crippen molar-refractivity contribution in [2.75, 3.05) is 19.8 Å². The maximum absolute atomic E-state index is 12.5. The van der Waals surface area contributed by atoms with Gasteiger partial charge in [0.25, 0.3) is 17.7 Å².